The number of nitrogens with zero attached hydrogens (tertiary/aromatic N) is 3. The summed E-state index contributed by atoms with van der Waals surface area (Å²) in [6, 6.07) is 3.55. The summed E-state index contributed by atoms with van der Waals surface area (Å²) in [7, 11) is 0. The van der Waals surface area contributed by atoms with E-state index in [0.717, 1.165) is 11.3 Å². The van der Waals surface area contributed by atoms with Crippen LogP contribution in [-0.2, 0) is 11.2 Å². The van der Waals surface area contributed by atoms with Gasteiger partial charge in [0.15, 0.2) is 5.65 Å². The largest absolute Gasteiger partial charge is 0.370 e. The molecule has 1 aliphatic carbocycles. The number of amides is 1. The van der Waals surface area contributed by atoms with E-state index in [1.165, 1.54) is 0 Å². The van der Waals surface area contributed by atoms with Crippen LogP contribution in [0.1, 0.15) is 45.0 Å². The number of fused-ring (bicyclic) bond motifs is 1. The van der Waals surface area contributed by atoms with Gasteiger partial charge in [-0.3, -0.25) is 4.79 Å². The Labute approximate surface area is 139 Å². The Hall–Kier alpha value is -1.69. The molecule has 124 valence electrons. The van der Waals surface area contributed by atoms with Gasteiger partial charge in [0.05, 0.1) is 0 Å². The summed E-state index contributed by atoms with van der Waals surface area (Å²) >= 11 is 6.01. The zero-order valence-electron chi connectivity index (χ0n) is 13.2. The number of hydrogen-bond acceptors (Lipinski definition) is 3. The molecule has 0 atom stereocenters. The molecule has 0 bridgehead atoms. The van der Waals surface area contributed by atoms with Gasteiger partial charge in [-0.25, -0.2) is 14.4 Å². The summed E-state index contributed by atoms with van der Waals surface area (Å²) in [6.45, 7) is 3.95. The number of pyridine rings is 1. The van der Waals surface area contributed by atoms with Crippen molar-refractivity contribution in [3.05, 3.63) is 23.1 Å². The van der Waals surface area contributed by atoms with E-state index in [2.05, 4.69) is 9.97 Å². The molecule has 0 radical (unpaired) electrons. The summed E-state index contributed by atoms with van der Waals surface area (Å²) in [4.78, 5) is 20.3. The highest BCUT2D eigenvalue weighted by atomic mass is 35.5. The molecule has 0 spiro atoms. The third-order valence-corrected chi connectivity index (χ3v) is 4.50. The van der Waals surface area contributed by atoms with E-state index in [-0.39, 0.29) is 23.8 Å². The SMILES string of the molecule is CC(C)(CC(N)=O)Cc1nc2ccc(Cl)nc2n1C1CC(F)C1. The first-order chi connectivity index (χ1) is 10.7. The van der Waals surface area contributed by atoms with Crippen molar-refractivity contribution in [2.75, 3.05) is 0 Å². The number of carbonyl (C=O) groups excluding carboxylic acids is 1. The lowest BCUT2D eigenvalue weighted by molar-refractivity contribution is -0.119. The van der Waals surface area contributed by atoms with Crippen LogP contribution in [0.2, 0.25) is 5.15 Å². The van der Waals surface area contributed by atoms with E-state index in [1.54, 1.807) is 6.07 Å². The van der Waals surface area contributed by atoms with E-state index >= 15 is 0 Å². The van der Waals surface area contributed by atoms with Crippen molar-refractivity contribution in [1.82, 2.24) is 14.5 Å². The van der Waals surface area contributed by atoms with Crippen LogP contribution in [0.15, 0.2) is 12.1 Å². The summed E-state index contributed by atoms with van der Waals surface area (Å²) in [5.74, 6) is 0.462. The van der Waals surface area contributed by atoms with Crippen LogP contribution in [0.3, 0.4) is 0 Å². The summed E-state index contributed by atoms with van der Waals surface area (Å²) in [6.07, 6.45) is 0.979. The highest BCUT2D eigenvalue weighted by Gasteiger charge is 2.35. The number of nitrogens with two attached hydrogens (primary N) is 1. The summed E-state index contributed by atoms with van der Waals surface area (Å²) in [5.41, 5.74) is 6.43. The van der Waals surface area contributed by atoms with Gasteiger partial charge in [-0.05, 0) is 30.4 Å². The van der Waals surface area contributed by atoms with Crippen molar-refractivity contribution >= 4 is 28.7 Å². The van der Waals surface area contributed by atoms with E-state index in [4.69, 9.17) is 17.3 Å². The highest BCUT2D eigenvalue weighted by Crippen LogP contribution is 2.39. The minimum absolute atomic E-state index is 0.0420. The molecule has 1 fully saturated rings. The fraction of sp³-hybridized carbons (Fsp3) is 0.562. The molecule has 1 saturated carbocycles. The molecule has 23 heavy (non-hydrogen) atoms. The number of aromatic nitrogens is 3. The van der Waals surface area contributed by atoms with E-state index in [1.807, 2.05) is 24.5 Å². The van der Waals surface area contributed by atoms with Crippen molar-refractivity contribution in [3.8, 4) is 0 Å². The average molecular weight is 339 g/mol. The molecule has 2 heterocycles. The molecule has 1 amide bonds. The Morgan fingerprint density at radius 2 is 2.13 bits per heavy atom. The second kappa shape index (κ2) is 5.74. The normalized spacial score (nSPS) is 21.4. The average Bonchev–Trinajstić information content (AvgIpc) is 2.69. The topological polar surface area (TPSA) is 73.8 Å². The van der Waals surface area contributed by atoms with Crippen LogP contribution in [0.5, 0.6) is 0 Å². The molecule has 2 aromatic heterocycles. The van der Waals surface area contributed by atoms with Crippen molar-refractivity contribution in [2.45, 2.75) is 51.7 Å². The van der Waals surface area contributed by atoms with Crippen molar-refractivity contribution in [2.24, 2.45) is 11.1 Å². The number of imidazole rings is 1. The van der Waals surface area contributed by atoms with E-state index < -0.39 is 6.17 Å². The monoisotopic (exact) mass is 338 g/mol. The maximum absolute atomic E-state index is 13.3. The predicted molar refractivity (Wildman–Crippen MR) is 87.0 cm³/mol. The quantitative estimate of drug-likeness (QED) is 0.851. The molecule has 1 aliphatic rings. The maximum atomic E-state index is 13.3. The van der Waals surface area contributed by atoms with Gasteiger partial charge < -0.3 is 10.3 Å². The minimum Gasteiger partial charge on any atom is -0.370 e. The number of carbonyl (C=O) groups is 1. The number of alkyl halides is 1. The van der Waals surface area contributed by atoms with Gasteiger partial charge in [0.1, 0.15) is 22.7 Å². The lowest BCUT2D eigenvalue weighted by atomic mass is 9.84. The van der Waals surface area contributed by atoms with Crippen LogP contribution >= 0.6 is 11.6 Å². The Kier molecular flexibility index (Phi) is 4.04. The first-order valence-corrected chi connectivity index (χ1v) is 8.09. The lowest BCUT2D eigenvalue weighted by Crippen LogP contribution is -2.31. The maximum Gasteiger partial charge on any atom is 0.217 e. The minimum atomic E-state index is -0.775. The van der Waals surface area contributed by atoms with Gasteiger partial charge in [0, 0.05) is 18.9 Å². The van der Waals surface area contributed by atoms with Gasteiger partial charge in [0.2, 0.25) is 5.91 Å². The Morgan fingerprint density at radius 1 is 1.43 bits per heavy atom. The third kappa shape index (κ3) is 3.32. The second-order valence-electron chi connectivity index (χ2n) is 7.08. The number of primary amides is 1. The van der Waals surface area contributed by atoms with Gasteiger partial charge >= 0.3 is 0 Å². The predicted octanol–water partition coefficient (Wildman–Crippen LogP) is 3.20. The summed E-state index contributed by atoms with van der Waals surface area (Å²) < 4.78 is 15.3. The van der Waals surface area contributed by atoms with E-state index in [9.17, 15) is 9.18 Å². The molecular weight excluding hydrogens is 319 g/mol. The lowest BCUT2D eigenvalue weighted by Gasteiger charge is -2.33. The van der Waals surface area contributed by atoms with Crippen LogP contribution < -0.4 is 5.73 Å². The zero-order valence-corrected chi connectivity index (χ0v) is 14.0. The van der Waals surface area contributed by atoms with Gasteiger partial charge in [-0.1, -0.05) is 25.4 Å². The van der Waals surface area contributed by atoms with Crippen LogP contribution in [-0.4, -0.2) is 26.6 Å². The molecule has 0 unspecified atom stereocenters. The van der Waals surface area contributed by atoms with Crippen LogP contribution in [0.4, 0.5) is 4.39 Å². The first kappa shape index (κ1) is 16.2. The molecule has 0 aliphatic heterocycles. The van der Waals surface area contributed by atoms with Crippen molar-refractivity contribution in [3.63, 3.8) is 0 Å². The smallest absolute Gasteiger partial charge is 0.217 e. The molecular formula is C16H20ClFN4O. The highest BCUT2D eigenvalue weighted by molar-refractivity contribution is 6.29. The molecule has 5 nitrogen and oxygen atoms in total. The third-order valence-electron chi connectivity index (χ3n) is 4.29. The number of rotatable bonds is 5. The van der Waals surface area contributed by atoms with Gasteiger partial charge in [-0.15, -0.1) is 0 Å². The fourth-order valence-electron chi connectivity index (χ4n) is 3.20. The zero-order chi connectivity index (χ0) is 16.8. The molecule has 2 N–H and O–H groups in total. The van der Waals surface area contributed by atoms with Crippen molar-refractivity contribution in [1.29, 1.82) is 0 Å². The van der Waals surface area contributed by atoms with Crippen LogP contribution in [0.25, 0.3) is 11.2 Å². The van der Waals surface area contributed by atoms with Gasteiger partial charge in [0.25, 0.3) is 0 Å². The molecule has 2 aromatic rings. The van der Waals surface area contributed by atoms with Gasteiger partial charge in [-0.2, -0.15) is 0 Å². The number of hydrogen-bond donors (Lipinski definition) is 1. The van der Waals surface area contributed by atoms with Crippen molar-refractivity contribution < 1.29 is 9.18 Å². The molecule has 0 saturated heterocycles. The van der Waals surface area contributed by atoms with E-state index in [0.29, 0.717) is 30.1 Å². The Bertz CT molecular complexity index is 752. The molecule has 7 heteroatoms. The second-order valence-corrected chi connectivity index (χ2v) is 7.47. The Morgan fingerprint density at radius 3 is 2.74 bits per heavy atom. The first-order valence-electron chi connectivity index (χ1n) is 7.71. The summed E-state index contributed by atoms with van der Waals surface area (Å²) in [5, 5.41) is 0.387. The molecule has 0 aromatic carbocycles. The Balaban J connectivity index is 2.01. The standard InChI is InChI=1S/C16H20ClFN4O/c1-16(2,7-13(19)23)8-14-20-11-3-4-12(17)21-15(11)22(14)10-5-9(18)6-10/h3-4,9-10H,5-8H2,1-2H3,(H2,19,23). The van der Waals surface area contributed by atoms with Crippen LogP contribution in [0, 0.1) is 5.41 Å². The fourth-order valence-corrected chi connectivity index (χ4v) is 3.34. The number of halogens is 2. The molecule has 3 rings (SSSR count).